The SMILES string of the molecule is c1ccc(-c2ccc(-c3nc(-c4cccc(-c5ccc(N(c6ccccc6)c6ccccc6)cc5)c4)nc(-n4c5ccccc5c5ccccc54)n3)cc2)cc1. The Kier molecular flexibility index (Phi) is 8.43. The number of nitrogens with zero attached hydrogens (tertiary/aromatic N) is 5. The van der Waals surface area contributed by atoms with E-state index in [0.717, 1.165) is 66.7 Å². The molecule has 8 aromatic carbocycles. The van der Waals surface area contributed by atoms with Crippen molar-refractivity contribution in [2.45, 2.75) is 0 Å². The summed E-state index contributed by atoms with van der Waals surface area (Å²) in [5.74, 6) is 1.80. The lowest BCUT2D eigenvalue weighted by atomic mass is 10.0. The third kappa shape index (κ3) is 6.17. The van der Waals surface area contributed by atoms with Gasteiger partial charge in [-0.05, 0) is 76.9 Å². The molecule has 2 aromatic heterocycles. The van der Waals surface area contributed by atoms with Gasteiger partial charge in [-0.1, -0.05) is 158 Å². The van der Waals surface area contributed by atoms with E-state index in [0.29, 0.717) is 17.6 Å². The average Bonchev–Trinajstić information content (AvgIpc) is 3.62. The lowest BCUT2D eigenvalue weighted by molar-refractivity contribution is 0.953. The molecule has 0 amide bonds. The highest BCUT2D eigenvalue weighted by Gasteiger charge is 2.18. The lowest BCUT2D eigenvalue weighted by Gasteiger charge is -2.25. The number of rotatable bonds is 8. The standard InChI is InChI=1S/C51H35N5/c1-4-15-36(16-5-1)37-27-29-39(30-28-37)49-52-50(54-51(53-49)56-47-25-12-10-23-45(47)46-24-11-13-26-48(46)56)41-18-14-17-40(35-41)38-31-33-44(34-32-38)55(42-19-6-2-7-20-42)43-21-8-3-9-22-43/h1-35H. The van der Waals surface area contributed by atoms with Gasteiger partial charge in [0, 0.05) is 39.0 Å². The van der Waals surface area contributed by atoms with Crippen LogP contribution in [0.15, 0.2) is 212 Å². The quantitative estimate of drug-likeness (QED) is 0.157. The fourth-order valence-electron chi connectivity index (χ4n) is 7.55. The van der Waals surface area contributed by atoms with Crippen molar-refractivity contribution in [2.24, 2.45) is 0 Å². The zero-order chi connectivity index (χ0) is 37.3. The highest BCUT2D eigenvalue weighted by molar-refractivity contribution is 6.09. The number of aromatic nitrogens is 4. The van der Waals surface area contributed by atoms with Gasteiger partial charge in [0.15, 0.2) is 11.6 Å². The van der Waals surface area contributed by atoms with Crippen molar-refractivity contribution in [3.05, 3.63) is 212 Å². The second kappa shape index (κ2) is 14.3. The Balaban J connectivity index is 1.08. The molecule has 0 aliphatic carbocycles. The molecule has 0 radical (unpaired) electrons. The summed E-state index contributed by atoms with van der Waals surface area (Å²) in [5, 5.41) is 2.31. The molecule has 264 valence electrons. The first-order chi connectivity index (χ1) is 27.8. The normalized spacial score (nSPS) is 11.2. The Morgan fingerprint density at radius 3 is 1.32 bits per heavy atom. The average molecular weight is 718 g/mol. The van der Waals surface area contributed by atoms with Crippen LogP contribution in [0.5, 0.6) is 0 Å². The Labute approximate surface area is 325 Å². The van der Waals surface area contributed by atoms with Crippen LogP contribution >= 0.6 is 0 Å². The third-order valence-corrected chi connectivity index (χ3v) is 10.3. The first kappa shape index (κ1) is 33.0. The van der Waals surface area contributed by atoms with Crippen LogP contribution in [0.1, 0.15) is 0 Å². The van der Waals surface area contributed by atoms with E-state index >= 15 is 0 Å². The molecule has 5 heteroatoms. The minimum absolute atomic E-state index is 0.575. The molecule has 0 N–H and O–H groups in total. The summed E-state index contributed by atoms with van der Waals surface area (Å²) in [6.07, 6.45) is 0. The lowest BCUT2D eigenvalue weighted by Crippen LogP contribution is -2.09. The fourth-order valence-corrected chi connectivity index (χ4v) is 7.55. The van der Waals surface area contributed by atoms with Crippen molar-refractivity contribution in [1.82, 2.24) is 19.5 Å². The van der Waals surface area contributed by atoms with E-state index in [1.807, 2.05) is 18.2 Å². The van der Waals surface area contributed by atoms with Crippen molar-refractivity contribution >= 4 is 38.9 Å². The Morgan fingerprint density at radius 2 is 0.714 bits per heavy atom. The highest BCUT2D eigenvalue weighted by Crippen LogP contribution is 2.37. The molecule has 0 spiro atoms. The van der Waals surface area contributed by atoms with Gasteiger partial charge in [-0.25, -0.2) is 4.98 Å². The van der Waals surface area contributed by atoms with Gasteiger partial charge in [0.2, 0.25) is 5.95 Å². The smallest absolute Gasteiger partial charge is 0.238 e. The van der Waals surface area contributed by atoms with Crippen molar-refractivity contribution in [3.8, 4) is 51.0 Å². The molecule has 0 bridgehead atoms. The Bertz CT molecular complexity index is 2850. The first-order valence-electron chi connectivity index (χ1n) is 18.8. The molecular weight excluding hydrogens is 683 g/mol. The summed E-state index contributed by atoms with van der Waals surface area (Å²) in [6.45, 7) is 0. The summed E-state index contributed by atoms with van der Waals surface area (Å²) in [5.41, 5.74) is 11.7. The van der Waals surface area contributed by atoms with Gasteiger partial charge in [-0.15, -0.1) is 0 Å². The summed E-state index contributed by atoms with van der Waals surface area (Å²) in [7, 11) is 0. The summed E-state index contributed by atoms with van der Waals surface area (Å²) < 4.78 is 2.16. The van der Waals surface area contributed by atoms with Crippen LogP contribution in [0.4, 0.5) is 17.1 Å². The van der Waals surface area contributed by atoms with Crippen molar-refractivity contribution in [2.75, 3.05) is 4.90 Å². The topological polar surface area (TPSA) is 46.8 Å². The molecule has 0 fully saturated rings. The van der Waals surface area contributed by atoms with Gasteiger partial charge in [-0.2, -0.15) is 9.97 Å². The largest absolute Gasteiger partial charge is 0.311 e. The maximum Gasteiger partial charge on any atom is 0.238 e. The number of para-hydroxylation sites is 4. The van der Waals surface area contributed by atoms with Crippen molar-refractivity contribution in [1.29, 1.82) is 0 Å². The van der Waals surface area contributed by atoms with E-state index in [2.05, 4.69) is 204 Å². The molecule has 2 heterocycles. The predicted molar refractivity (Wildman–Crippen MR) is 231 cm³/mol. The second-order valence-electron chi connectivity index (χ2n) is 13.7. The molecule has 0 saturated carbocycles. The van der Waals surface area contributed by atoms with E-state index in [1.54, 1.807) is 0 Å². The summed E-state index contributed by atoms with van der Waals surface area (Å²) in [4.78, 5) is 17.8. The van der Waals surface area contributed by atoms with Gasteiger partial charge in [0.1, 0.15) is 0 Å². The second-order valence-corrected chi connectivity index (χ2v) is 13.7. The van der Waals surface area contributed by atoms with E-state index in [9.17, 15) is 0 Å². The summed E-state index contributed by atoms with van der Waals surface area (Å²) >= 11 is 0. The summed E-state index contributed by atoms with van der Waals surface area (Å²) in [6, 6.07) is 73.9. The van der Waals surface area contributed by atoms with Crippen LogP contribution in [0, 0.1) is 0 Å². The number of fused-ring (bicyclic) bond motifs is 3. The van der Waals surface area contributed by atoms with Crippen LogP contribution in [-0.4, -0.2) is 19.5 Å². The highest BCUT2D eigenvalue weighted by atomic mass is 15.2. The van der Waals surface area contributed by atoms with Crippen molar-refractivity contribution < 1.29 is 0 Å². The van der Waals surface area contributed by atoms with Crippen LogP contribution in [0.3, 0.4) is 0 Å². The van der Waals surface area contributed by atoms with Gasteiger partial charge in [0.25, 0.3) is 0 Å². The van der Waals surface area contributed by atoms with E-state index in [1.165, 1.54) is 5.56 Å². The van der Waals surface area contributed by atoms with Gasteiger partial charge < -0.3 is 4.90 Å². The Hall–Kier alpha value is -7.63. The molecule has 0 saturated heterocycles. The molecule has 0 aliphatic heterocycles. The molecule has 0 unspecified atom stereocenters. The van der Waals surface area contributed by atoms with Gasteiger partial charge >= 0.3 is 0 Å². The molecular formula is C51H35N5. The molecule has 5 nitrogen and oxygen atoms in total. The molecule has 10 rings (SSSR count). The first-order valence-corrected chi connectivity index (χ1v) is 18.8. The van der Waals surface area contributed by atoms with Gasteiger partial charge in [0.05, 0.1) is 11.0 Å². The maximum absolute atomic E-state index is 5.21. The number of hydrogen-bond acceptors (Lipinski definition) is 4. The zero-order valence-corrected chi connectivity index (χ0v) is 30.4. The monoisotopic (exact) mass is 717 g/mol. The van der Waals surface area contributed by atoms with Crippen LogP contribution in [0.25, 0.3) is 72.8 Å². The van der Waals surface area contributed by atoms with Crippen molar-refractivity contribution in [3.63, 3.8) is 0 Å². The molecule has 0 aliphatic rings. The number of hydrogen-bond donors (Lipinski definition) is 0. The van der Waals surface area contributed by atoms with Gasteiger partial charge in [-0.3, -0.25) is 4.57 Å². The van der Waals surface area contributed by atoms with Crippen LogP contribution < -0.4 is 4.90 Å². The van der Waals surface area contributed by atoms with E-state index in [-0.39, 0.29) is 0 Å². The zero-order valence-electron chi connectivity index (χ0n) is 30.4. The minimum Gasteiger partial charge on any atom is -0.311 e. The Morgan fingerprint density at radius 1 is 0.304 bits per heavy atom. The maximum atomic E-state index is 5.21. The molecule has 0 atom stereocenters. The fraction of sp³-hybridized carbons (Fsp3) is 0. The number of benzene rings is 8. The van der Waals surface area contributed by atoms with Crippen LogP contribution in [-0.2, 0) is 0 Å². The number of anilines is 3. The van der Waals surface area contributed by atoms with Crippen LogP contribution in [0.2, 0.25) is 0 Å². The predicted octanol–water partition coefficient (Wildman–Crippen LogP) is 13.1. The third-order valence-electron chi connectivity index (χ3n) is 10.3. The van der Waals surface area contributed by atoms with E-state index in [4.69, 9.17) is 15.0 Å². The molecule has 10 aromatic rings. The molecule has 56 heavy (non-hydrogen) atoms. The minimum atomic E-state index is 0.575. The van der Waals surface area contributed by atoms with E-state index < -0.39 is 0 Å².